The molecule has 0 saturated carbocycles. The second kappa shape index (κ2) is 8.80. The standard InChI is InChI=1S/C28H28N2O5/c1-16-11-17(2)13-21(12-16)29-15-19(14-24(29)31)28(34)35-22-9-7-20(8-10-22)30-26(32)23-6-4-5-18(3)25(23)27(30)33/h4-5,7-13,18-19,23,25H,6,14-15H2,1-3H3/t18-,19-,23-,25+/m0/s1. The van der Waals surface area contributed by atoms with Gasteiger partial charge in [-0.05, 0) is 73.7 Å². The van der Waals surface area contributed by atoms with Crippen molar-refractivity contribution in [2.75, 3.05) is 16.3 Å². The third kappa shape index (κ3) is 4.16. The number of amides is 3. The number of hydrogen-bond acceptors (Lipinski definition) is 5. The van der Waals surface area contributed by atoms with E-state index in [1.807, 2.05) is 51.1 Å². The van der Waals surface area contributed by atoms with E-state index in [-0.39, 0.29) is 48.4 Å². The Kier molecular flexibility index (Phi) is 5.79. The van der Waals surface area contributed by atoms with Crippen LogP contribution in [0.1, 0.15) is 30.9 Å². The number of benzene rings is 2. The largest absolute Gasteiger partial charge is 0.426 e. The Morgan fingerprint density at radius 2 is 1.63 bits per heavy atom. The number of nitrogens with zero attached hydrogens (tertiary/aromatic N) is 2. The zero-order valence-electron chi connectivity index (χ0n) is 20.1. The second-order valence-corrected chi connectivity index (χ2v) is 9.83. The molecule has 3 aliphatic rings. The summed E-state index contributed by atoms with van der Waals surface area (Å²) in [5, 5.41) is 0. The van der Waals surface area contributed by atoms with Crippen molar-refractivity contribution in [1.29, 1.82) is 0 Å². The highest BCUT2D eigenvalue weighted by Gasteiger charge is 2.50. The predicted octanol–water partition coefficient (Wildman–Crippen LogP) is 3.96. The monoisotopic (exact) mass is 472 g/mol. The smallest absolute Gasteiger partial charge is 0.316 e. The van der Waals surface area contributed by atoms with E-state index < -0.39 is 11.9 Å². The highest BCUT2D eigenvalue weighted by Crippen LogP contribution is 2.40. The summed E-state index contributed by atoms with van der Waals surface area (Å²) in [5.74, 6) is -1.84. The van der Waals surface area contributed by atoms with E-state index in [2.05, 4.69) is 0 Å². The first-order chi connectivity index (χ1) is 16.7. The molecule has 0 bridgehead atoms. The van der Waals surface area contributed by atoms with Gasteiger partial charge in [-0.25, -0.2) is 0 Å². The molecule has 2 aliphatic heterocycles. The summed E-state index contributed by atoms with van der Waals surface area (Å²) in [5.41, 5.74) is 3.37. The molecule has 3 amide bonds. The summed E-state index contributed by atoms with van der Waals surface area (Å²) in [4.78, 5) is 54.1. The second-order valence-electron chi connectivity index (χ2n) is 9.83. The third-order valence-electron chi connectivity index (χ3n) is 7.16. The van der Waals surface area contributed by atoms with Crippen molar-refractivity contribution >= 4 is 35.1 Å². The first-order valence-corrected chi connectivity index (χ1v) is 12.0. The maximum atomic E-state index is 13.0. The molecule has 0 spiro atoms. The van der Waals surface area contributed by atoms with Crippen LogP contribution in [0.2, 0.25) is 0 Å². The molecule has 35 heavy (non-hydrogen) atoms. The fourth-order valence-electron chi connectivity index (χ4n) is 5.49. The molecule has 7 heteroatoms. The average Bonchev–Trinajstić information content (AvgIpc) is 3.32. The lowest BCUT2D eigenvalue weighted by molar-refractivity contribution is -0.139. The normalized spacial score (nSPS) is 25.9. The van der Waals surface area contributed by atoms with E-state index >= 15 is 0 Å². The number of fused-ring (bicyclic) bond motifs is 1. The fraction of sp³-hybridized carbons (Fsp3) is 0.357. The van der Waals surface area contributed by atoms with Gasteiger partial charge in [0.1, 0.15) is 5.75 Å². The predicted molar refractivity (Wildman–Crippen MR) is 131 cm³/mol. The van der Waals surface area contributed by atoms with E-state index in [1.165, 1.54) is 4.90 Å². The molecular weight excluding hydrogens is 444 g/mol. The Labute approximate surface area is 204 Å². The van der Waals surface area contributed by atoms with Crippen molar-refractivity contribution in [3.63, 3.8) is 0 Å². The summed E-state index contributed by atoms with van der Waals surface area (Å²) in [6, 6.07) is 12.3. The van der Waals surface area contributed by atoms with Crippen LogP contribution in [0, 0.1) is 37.5 Å². The molecule has 2 aromatic rings. The van der Waals surface area contributed by atoms with Gasteiger partial charge in [0.2, 0.25) is 17.7 Å². The van der Waals surface area contributed by atoms with Crippen molar-refractivity contribution < 1.29 is 23.9 Å². The van der Waals surface area contributed by atoms with E-state index in [0.717, 1.165) is 16.8 Å². The molecule has 180 valence electrons. The minimum absolute atomic E-state index is 0.0211. The van der Waals surface area contributed by atoms with Crippen molar-refractivity contribution in [2.24, 2.45) is 23.7 Å². The van der Waals surface area contributed by atoms with Crippen molar-refractivity contribution in [2.45, 2.75) is 33.6 Å². The number of esters is 1. The lowest BCUT2D eigenvalue weighted by atomic mass is 9.78. The van der Waals surface area contributed by atoms with E-state index in [9.17, 15) is 19.2 Å². The SMILES string of the molecule is Cc1cc(C)cc(N2C[C@@H](C(=O)Oc3ccc(N4C(=O)[C@H]5[C@H](CC=C[C@@H]5C)C4=O)cc3)CC2=O)c1. The number of ether oxygens (including phenoxy) is 1. The number of aryl methyl sites for hydroxylation is 2. The van der Waals surface area contributed by atoms with Gasteiger partial charge >= 0.3 is 5.97 Å². The summed E-state index contributed by atoms with van der Waals surface area (Å²) in [6.45, 7) is 6.17. The number of anilines is 2. The van der Waals surface area contributed by atoms with Crippen LogP contribution >= 0.6 is 0 Å². The molecule has 5 rings (SSSR count). The molecule has 7 nitrogen and oxygen atoms in total. The van der Waals surface area contributed by atoms with Crippen molar-refractivity contribution in [3.05, 3.63) is 65.7 Å². The highest BCUT2D eigenvalue weighted by molar-refractivity contribution is 6.22. The zero-order chi connectivity index (χ0) is 24.9. The number of carbonyl (C=O) groups is 4. The van der Waals surface area contributed by atoms with E-state index in [1.54, 1.807) is 29.2 Å². The fourth-order valence-corrected chi connectivity index (χ4v) is 5.49. The van der Waals surface area contributed by atoms with Crippen LogP contribution in [0.15, 0.2) is 54.6 Å². The maximum absolute atomic E-state index is 13.0. The number of carbonyl (C=O) groups excluding carboxylic acids is 4. The van der Waals surface area contributed by atoms with Crippen LogP contribution in [0.4, 0.5) is 11.4 Å². The average molecular weight is 473 g/mol. The van der Waals surface area contributed by atoms with Crippen LogP contribution in [-0.2, 0) is 19.2 Å². The van der Waals surface area contributed by atoms with Crippen LogP contribution in [0.5, 0.6) is 5.75 Å². The number of imide groups is 1. The minimum Gasteiger partial charge on any atom is -0.426 e. The number of rotatable bonds is 4. The Morgan fingerprint density at radius 1 is 0.943 bits per heavy atom. The zero-order valence-corrected chi connectivity index (χ0v) is 20.1. The van der Waals surface area contributed by atoms with Gasteiger partial charge in [0.15, 0.2) is 0 Å². The molecule has 2 heterocycles. The Bertz CT molecular complexity index is 1230. The first-order valence-electron chi connectivity index (χ1n) is 12.0. The molecule has 1 aliphatic carbocycles. The number of hydrogen-bond donors (Lipinski definition) is 0. The van der Waals surface area contributed by atoms with Crippen molar-refractivity contribution in [3.8, 4) is 5.75 Å². The molecule has 2 fully saturated rings. The van der Waals surface area contributed by atoms with Gasteiger partial charge < -0.3 is 9.64 Å². The lowest BCUT2D eigenvalue weighted by Gasteiger charge is -2.22. The van der Waals surface area contributed by atoms with Gasteiger partial charge in [0.05, 0.1) is 23.4 Å². The first kappa shape index (κ1) is 23.0. The summed E-state index contributed by atoms with van der Waals surface area (Å²) in [7, 11) is 0. The van der Waals surface area contributed by atoms with E-state index in [0.29, 0.717) is 17.9 Å². The highest BCUT2D eigenvalue weighted by atomic mass is 16.5. The molecule has 2 saturated heterocycles. The van der Waals surface area contributed by atoms with Crippen LogP contribution < -0.4 is 14.5 Å². The van der Waals surface area contributed by atoms with Crippen LogP contribution in [0.25, 0.3) is 0 Å². The minimum atomic E-state index is -0.568. The topological polar surface area (TPSA) is 84.0 Å². The molecule has 0 aromatic heterocycles. The molecule has 0 unspecified atom stereocenters. The van der Waals surface area contributed by atoms with Gasteiger partial charge in [-0.3, -0.25) is 24.1 Å². The van der Waals surface area contributed by atoms with Crippen LogP contribution in [-0.4, -0.2) is 30.2 Å². The molecule has 0 radical (unpaired) electrons. The Hall–Kier alpha value is -3.74. The van der Waals surface area contributed by atoms with Crippen molar-refractivity contribution in [1.82, 2.24) is 0 Å². The Morgan fingerprint density at radius 3 is 2.29 bits per heavy atom. The van der Waals surface area contributed by atoms with Gasteiger partial charge in [-0.1, -0.05) is 25.1 Å². The van der Waals surface area contributed by atoms with E-state index in [4.69, 9.17) is 4.74 Å². The molecule has 4 atom stereocenters. The molecule has 0 N–H and O–H groups in total. The lowest BCUT2D eigenvalue weighted by Crippen LogP contribution is -2.31. The van der Waals surface area contributed by atoms with Gasteiger partial charge in [-0.2, -0.15) is 0 Å². The summed E-state index contributed by atoms with van der Waals surface area (Å²) >= 11 is 0. The number of allylic oxidation sites excluding steroid dienone is 2. The van der Waals surface area contributed by atoms with Gasteiger partial charge in [0.25, 0.3) is 0 Å². The van der Waals surface area contributed by atoms with Crippen LogP contribution in [0.3, 0.4) is 0 Å². The van der Waals surface area contributed by atoms with Gasteiger partial charge in [-0.15, -0.1) is 0 Å². The quantitative estimate of drug-likeness (QED) is 0.291. The summed E-state index contributed by atoms with van der Waals surface area (Å²) in [6.07, 6.45) is 4.63. The molecular formula is C28H28N2O5. The third-order valence-corrected chi connectivity index (χ3v) is 7.16. The Balaban J connectivity index is 1.25. The maximum Gasteiger partial charge on any atom is 0.316 e. The van der Waals surface area contributed by atoms with Gasteiger partial charge in [0, 0.05) is 18.7 Å². The molecule has 2 aromatic carbocycles. The summed E-state index contributed by atoms with van der Waals surface area (Å²) < 4.78 is 5.55.